The van der Waals surface area contributed by atoms with Crippen LogP contribution in [0.15, 0.2) is 17.0 Å². The minimum Gasteiger partial charge on any atom is -0.282 e. The van der Waals surface area contributed by atoms with Crippen LogP contribution < -0.4 is 5.19 Å². The highest BCUT2D eigenvalue weighted by molar-refractivity contribution is 7.86. The van der Waals surface area contributed by atoms with Crippen LogP contribution >= 0.6 is 0 Å². The molecule has 1 rings (SSSR count). The van der Waals surface area contributed by atoms with E-state index in [1.165, 1.54) is 0 Å². The number of aryl methyl sites for hydroxylation is 2. The quantitative estimate of drug-likeness (QED) is 0.653. The SMILES string of the molecule is Cc1cc(C)c([Si](C)(C)C)c(S(=O)(=O)O)c1. The summed E-state index contributed by atoms with van der Waals surface area (Å²) in [7, 11) is -5.92. The molecule has 0 saturated heterocycles. The van der Waals surface area contributed by atoms with Gasteiger partial charge in [-0.2, -0.15) is 8.42 Å². The van der Waals surface area contributed by atoms with Gasteiger partial charge in [0.05, 0.1) is 13.0 Å². The van der Waals surface area contributed by atoms with Gasteiger partial charge in [-0.25, -0.2) is 0 Å². The molecule has 0 saturated carbocycles. The summed E-state index contributed by atoms with van der Waals surface area (Å²) in [5, 5.41) is 0.820. The normalized spacial score (nSPS) is 12.9. The first-order valence-electron chi connectivity index (χ1n) is 5.12. The number of hydrogen-bond acceptors (Lipinski definition) is 2. The van der Waals surface area contributed by atoms with E-state index in [1.807, 2.05) is 19.9 Å². The van der Waals surface area contributed by atoms with Crippen molar-refractivity contribution in [2.24, 2.45) is 0 Å². The Balaban J connectivity index is 3.72. The highest BCUT2D eigenvalue weighted by Gasteiger charge is 2.27. The van der Waals surface area contributed by atoms with E-state index >= 15 is 0 Å². The zero-order chi connectivity index (χ0) is 12.7. The van der Waals surface area contributed by atoms with Crippen LogP contribution in [0.2, 0.25) is 19.6 Å². The standard InChI is InChI=1S/C11H18O3SSi/c1-8-6-9(2)11(16(3,4)5)10(7-8)15(12,13)14/h6-7H,1-5H3,(H,12,13,14). The van der Waals surface area contributed by atoms with Crippen LogP contribution in [-0.4, -0.2) is 21.0 Å². The molecule has 0 bridgehead atoms. The monoisotopic (exact) mass is 258 g/mol. The highest BCUT2D eigenvalue weighted by Crippen LogP contribution is 2.17. The van der Waals surface area contributed by atoms with E-state index in [1.54, 1.807) is 6.07 Å². The molecule has 0 heterocycles. The average molecular weight is 258 g/mol. The second kappa shape index (κ2) is 3.98. The molecule has 1 N–H and O–H groups in total. The van der Waals surface area contributed by atoms with Gasteiger partial charge in [0.2, 0.25) is 0 Å². The predicted molar refractivity (Wildman–Crippen MR) is 68.7 cm³/mol. The first-order valence-corrected chi connectivity index (χ1v) is 10.1. The molecule has 0 aliphatic rings. The topological polar surface area (TPSA) is 54.4 Å². The van der Waals surface area contributed by atoms with Gasteiger partial charge in [0.15, 0.2) is 0 Å². The summed E-state index contributed by atoms with van der Waals surface area (Å²) in [6.45, 7) is 9.93. The molecule has 0 aliphatic heterocycles. The van der Waals surface area contributed by atoms with Crippen molar-refractivity contribution in [2.45, 2.75) is 38.4 Å². The zero-order valence-electron chi connectivity index (χ0n) is 10.3. The first-order chi connectivity index (χ1) is 7.03. The molecule has 3 nitrogen and oxygen atoms in total. The second-order valence-electron chi connectivity index (χ2n) is 5.18. The van der Waals surface area contributed by atoms with E-state index in [0.717, 1.165) is 16.3 Å². The van der Waals surface area contributed by atoms with Gasteiger partial charge in [0, 0.05) is 0 Å². The summed E-state index contributed by atoms with van der Waals surface area (Å²) in [4.78, 5) is 0.0872. The van der Waals surface area contributed by atoms with Crippen LogP contribution in [0, 0.1) is 13.8 Å². The third kappa shape index (κ3) is 2.72. The lowest BCUT2D eigenvalue weighted by Crippen LogP contribution is -2.42. The van der Waals surface area contributed by atoms with Crippen molar-refractivity contribution < 1.29 is 13.0 Å². The molecule has 0 radical (unpaired) electrons. The van der Waals surface area contributed by atoms with Crippen LogP contribution in [0.3, 0.4) is 0 Å². The molecule has 0 unspecified atom stereocenters. The molecule has 0 aliphatic carbocycles. The van der Waals surface area contributed by atoms with Gasteiger partial charge >= 0.3 is 0 Å². The van der Waals surface area contributed by atoms with Crippen LogP contribution in [0.1, 0.15) is 11.1 Å². The predicted octanol–water partition coefficient (Wildman–Crippen LogP) is 2.10. The van der Waals surface area contributed by atoms with E-state index in [-0.39, 0.29) is 4.90 Å². The van der Waals surface area contributed by atoms with E-state index in [9.17, 15) is 13.0 Å². The largest absolute Gasteiger partial charge is 0.294 e. The molecule has 1 aromatic rings. The smallest absolute Gasteiger partial charge is 0.282 e. The molecule has 0 amide bonds. The molecule has 90 valence electrons. The van der Waals surface area contributed by atoms with Gasteiger partial charge in [-0.1, -0.05) is 31.3 Å². The summed E-state index contributed by atoms with van der Waals surface area (Å²) in [5.74, 6) is 0. The lowest BCUT2D eigenvalue weighted by molar-refractivity contribution is 0.483. The van der Waals surface area contributed by atoms with Gasteiger partial charge in [-0.3, -0.25) is 4.55 Å². The maximum Gasteiger partial charge on any atom is 0.294 e. The van der Waals surface area contributed by atoms with Gasteiger partial charge in [0.1, 0.15) is 0 Å². The van der Waals surface area contributed by atoms with Crippen LogP contribution in [-0.2, 0) is 10.1 Å². The van der Waals surface area contributed by atoms with E-state index in [0.29, 0.717) is 0 Å². The Hall–Kier alpha value is -0.653. The highest BCUT2D eigenvalue weighted by atomic mass is 32.2. The summed E-state index contributed by atoms with van der Waals surface area (Å²) in [6.07, 6.45) is 0. The Bertz CT molecular complexity index is 513. The minimum absolute atomic E-state index is 0.0872. The third-order valence-corrected chi connectivity index (χ3v) is 5.69. The summed E-state index contributed by atoms with van der Waals surface area (Å²) < 4.78 is 32.0. The Kier molecular flexibility index (Phi) is 3.33. The Morgan fingerprint density at radius 1 is 1.12 bits per heavy atom. The summed E-state index contributed by atoms with van der Waals surface area (Å²) >= 11 is 0. The fourth-order valence-electron chi connectivity index (χ4n) is 2.09. The van der Waals surface area contributed by atoms with E-state index in [2.05, 4.69) is 19.6 Å². The molecule has 16 heavy (non-hydrogen) atoms. The molecule has 0 aromatic heterocycles. The van der Waals surface area contributed by atoms with Crippen molar-refractivity contribution in [1.82, 2.24) is 0 Å². The van der Waals surface area contributed by atoms with Crippen molar-refractivity contribution >= 4 is 23.4 Å². The van der Waals surface area contributed by atoms with Crippen molar-refractivity contribution in [3.8, 4) is 0 Å². The summed E-state index contributed by atoms with van der Waals surface area (Å²) in [6, 6.07) is 3.51. The van der Waals surface area contributed by atoms with Gasteiger partial charge in [0.25, 0.3) is 10.1 Å². The third-order valence-electron chi connectivity index (χ3n) is 2.47. The Morgan fingerprint density at radius 2 is 1.62 bits per heavy atom. The van der Waals surface area contributed by atoms with Gasteiger partial charge < -0.3 is 0 Å². The molecule has 0 spiro atoms. The fourth-order valence-corrected chi connectivity index (χ4v) is 6.22. The van der Waals surface area contributed by atoms with Crippen LogP contribution in [0.5, 0.6) is 0 Å². The Labute approximate surface area is 98.3 Å². The molecule has 0 atom stereocenters. The van der Waals surface area contributed by atoms with Crippen molar-refractivity contribution in [1.29, 1.82) is 0 Å². The first kappa shape index (κ1) is 13.4. The minimum atomic E-state index is -4.13. The van der Waals surface area contributed by atoms with Crippen molar-refractivity contribution in [3.05, 3.63) is 23.3 Å². The lowest BCUT2D eigenvalue weighted by atomic mass is 10.2. The lowest BCUT2D eigenvalue weighted by Gasteiger charge is -2.22. The zero-order valence-corrected chi connectivity index (χ0v) is 12.1. The maximum atomic E-state index is 11.4. The number of hydrogen-bond donors (Lipinski definition) is 1. The van der Waals surface area contributed by atoms with Crippen molar-refractivity contribution in [2.75, 3.05) is 0 Å². The molecule has 5 heteroatoms. The number of rotatable bonds is 2. The molecular formula is C11H18O3SSi. The van der Waals surface area contributed by atoms with E-state index in [4.69, 9.17) is 0 Å². The van der Waals surface area contributed by atoms with Gasteiger partial charge in [-0.05, 0) is 30.7 Å². The molecular weight excluding hydrogens is 240 g/mol. The van der Waals surface area contributed by atoms with E-state index < -0.39 is 18.2 Å². The van der Waals surface area contributed by atoms with Gasteiger partial charge in [-0.15, -0.1) is 0 Å². The Morgan fingerprint density at radius 3 is 2.00 bits per heavy atom. The number of benzene rings is 1. The molecule has 1 aromatic carbocycles. The van der Waals surface area contributed by atoms with Crippen molar-refractivity contribution in [3.63, 3.8) is 0 Å². The summed E-state index contributed by atoms with van der Waals surface area (Å²) in [5.41, 5.74) is 1.80. The maximum absolute atomic E-state index is 11.4. The van der Waals surface area contributed by atoms with Crippen LogP contribution in [0.25, 0.3) is 0 Å². The fraction of sp³-hybridized carbons (Fsp3) is 0.455. The molecule has 0 fully saturated rings. The average Bonchev–Trinajstić information content (AvgIpc) is 1.97. The van der Waals surface area contributed by atoms with Crippen LogP contribution in [0.4, 0.5) is 0 Å². The second-order valence-corrected chi connectivity index (χ2v) is 11.6.